The van der Waals surface area contributed by atoms with E-state index < -0.39 is 0 Å². The van der Waals surface area contributed by atoms with Crippen LogP contribution in [-0.4, -0.2) is 22.8 Å². The lowest BCUT2D eigenvalue weighted by Gasteiger charge is -2.24. The average Bonchev–Trinajstić information content (AvgIpc) is 3.06. The van der Waals surface area contributed by atoms with Crippen LogP contribution in [0.5, 0.6) is 5.75 Å². The Bertz CT molecular complexity index is 973. The Labute approximate surface area is 152 Å². The van der Waals surface area contributed by atoms with Gasteiger partial charge in [0, 0.05) is 17.9 Å². The second kappa shape index (κ2) is 6.33. The van der Waals surface area contributed by atoms with E-state index in [0.717, 1.165) is 39.5 Å². The topological polar surface area (TPSA) is 56.1 Å². The third kappa shape index (κ3) is 2.75. The molecular weight excluding hydrogens is 326 g/mol. The number of aryl methyl sites for hydroxylation is 2. The van der Waals surface area contributed by atoms with Crippen molar-refractivity contribution in [3.63, 3.8) is 0 Å². The Balaban J connectivity index is 1.81. The van der Waals surface area contributed by atoms with Gasteiger partial charge in [0.15, 0.2) is 0 Å². The lowest BCUT2D eigenvalue weighted by atomic mass is 9.87. The highest BCUT2D eigenvalue weighted by Gasteiger charge is 2.30. The summed E-state index contributed by atoms with van der Waals surface area (Å²) in [6, 6.07) is 14.1. The Morgan fingerprint density at radius 3 is 2.65 bits per heavy atom. The number of anilines is 1. The predicted molar refractivity (Wildman–Crippen MR) is 101 cm³/mol. The fraction of sp³-hybridized carbons (Fsp3) is 0.238. The van der Waals surface area contributed by atoms with Crippen LogP contribution in [0.3, 0.4) is 0 Å². The molecule has 0 radical (unpaired) electrons. The first kappa shape index (κ1) is 16.4. The Hall–Kier alpha value is -3.08. The van der Waals surface area contributed by atoms with Gasteiger partial charge in [-0.15, -0.1) is 0 Å². The normalized spacial score (nSPS) is 16.1. The first-order valence-corrected chi connectivity index (χ1v) is 8.66. The maximum atomic E-state index is 12.4. The predicted octanol–water partition coefficient (Wildman–Crippen LogP) is 3.97. The summed E-state index contributed by atoms with van der Waals surface area (Å²) >= 11 is 0. The number of nitrogens with zero attached hydrogens (tertiary/aromatic N) is 2. The zero-order valence-electron chi connectivity index (χ0n) is 15.1. The number of ether oxygens (including phenoxy) is 1. The van der Waals surface area contributed by atoms with Crippen LogP contribution in [0.2, 0.25) is 0 Å². The van der Waals surface area contributed by atoms with Crippen LogP contribution in [0.25, 0.3) is 5.69 Å². The van der Waals surface area contributed by atoms with Crippen LogP contribution in [0, 0.1) is 13.8 Å². The fourth-order valence-electron chi connectivity index (χ4n) is 3.48. The second-order valence-corrected chi connectivity index (χ2v) is 6.73. The summed E-state index contributed by atoms with van der Waals surface area (Å²) in [4.78, 5) is 12.4. The molecule has 4 rings (SSSR count). The average molecular weight is 347 g/mol. The van der Waals surface area contributed by atoms with Gasteiger partial charge in [-0.25, -0.2) is 4.68 Å². The van der Waals surface area contributed by atoms with Crippen molar-refractivity contribution in [3.8, 4) is 11.4 Å². The van der Waals surface area contributed by atoms with Crippen molar-refractivity contribution in [3.05, 3.63) is 70.9 Å². The van der Waals surface area contributed by atoms with Gasteiger partial charge in [-0.3, -0.25) is 4.79 Å². The lowest BCUT2D eigenvalue weighted by molar-refractivity contribution is -0.116. The van der Waals surface area contributed by atoms with E-state index in [1.54, 1.807) is 7.11 Å². The monoisotopic (exact) mass is 347 g/mol. The van der Waals surface area contributed by atoms with E-state index in [4.69, 9.17) is 4.74 Å². The molecule has 2 aromatic carbocycles. The van der Waals surface area contributed by atoms with Crippen LogP contribution < -0.4 is 10.1 Å². The molecule has 1 unspecified atom stereocenters. The smallest absolute Gasteiger partial charge is 0.226 e. The quantitative estimate of drug-likeness (QED) is 0.780. The summed E-state index contributed by atoms with van der Waals surface area (Å²) in [7, 11) is 1.65. The number of methoxy groups -OCH3 is 1. The van der Waals surface area contributed by atoms with Gasteiger partial charge in [0.1, 0.15) is 11.6 Å². The summed E-state index contributed by atoms with van der Waals surface area (Å²) in [6.45, 7) is 4.10. The number of carbonyl (C=O) groups is 1. The van der Waals surface area contributed by atoms with E-state index in [1.165, 1.54) is 0 Å². The molecule has 0 bridgehead atoms. The molecule has 5 nitrogen and oxygen atoms in total. The summed E-state index contributed by atoms with van der Waals surface area (Å²) in [5, 5.41) is 7.60. The molecule has 1 amide bonds. The molecule has 2 heterocycles. The zero-order valence-corrected chi connectivity index (χ0v) is 15.1. The molecule has 3 aromatic rings. The first-order chi connectivity index (χ1) is 12.6. The third-order valence-electron chi connectivity index (χ3n) is 4.93. The molecule has 1 aromatic heterocycles. The van der Waals surface area contributed by atoms with Crippen molar-refractivity contribution in [2.75, 3.05) is 12.4 Å². The van der Waals surface area contributed by atoms with Gasteiger partial charge in [0.25, 0.3) is 0 Å². The highest BCUT2D eigenvalue weighted by atomic mass is 16.5. The molecular formula is C21H21N3O2. The molecule has 132 valence electrons. The van der Waals surface area contributed by atoms with Crippen LogP contribution in [-0.2, 0) is 4.79 Å². The second-order valence-electron chi connectivity index (χ2n) is 6.73. The van der Waals surface area contributed by atoms with Gasteiger partial charge in [0.2, 0.25) is 5.91 Å². The highest BCUT2D eigenvalue weighted by Crippen LogP contribution is 2.38. The maximum absolute atomic E-state index is 12.4. The van der Waals surface area contributed by atoms with Gasteiger partial charge in [0.05, 0.1) is 19.0 Å². The van der Waals surface area contributed by atoms with E-state index >= 15 is 0 Å². The van der Waals surface area contributed by atoms with Crippen molar-refractivity contribution in [2.24, 2.45) is 0 Å². The zero-order chi connectivity index (χ0) is 18.3. The molecule has 0 spiro atoms. The minimum Gasteiger partial charge on any atom is -0.497 e. The Kier molecular flexibility index (Phi) is 3.99. The van der Waals surface area contributed by atoms with Crippen molar-refractivity contribution < 1.29 is 9.53 Å². The number of aromatic nitrogens is 2. The number of benzene rings is 2. The SMILES string of the molecule is COc1ccc(C2CC(=O)Nc3c2cnn3-c2cc(C)ccc2C)cc1. The molecule has 1 N–H and O–H groups in total. The summed E-state index contributed by atoms with van der Waals surface area (Å²) in [5.74, 6) is 1.56. The van der Waals surface area contributed by atoms with Crippen molar-refractivity contribution >= 4 is 11.7 Å². The Morgan fingerprint density at radius 1 is 1.15 bits per heavy atom. The number of rotatable bonds is 3. The molecule has 1 aliphatic rings. The number of hydrogen-bond acceptors (Lipinski definition) is 3. The van der Waals surface area contributed by atoms with Crippen molar-refractivity contribution in [1.29, 1.82) is 0 Å². The fourth-order valence-corrected chi connectivity index (χ4v) is 3.48. The van der Waals surface area contributed by atoms with Gasteiger partial charge in [-0.1, -0.05) is 24.3 Å². The van der Waals surface area contributed by atoms with E-state index in [-0.39, 0.29) is 11.8 Å². The molecule has 1 atom stereocenters. The van der Waals surface area contributed by atoms with Crippen LogP contribution in [0.1, 0.15) is 34.6 Å². The van der Waals surface area contributed by atoms with Gasteiger partial charge < -0.3 is 10.1 Å². The summed E-state index contributed by atoms with van der Waals surface area (Å²) in [5.41, 5.74) is 5.38. The molecule has 1 aliphatic heterocycles. The van der Waals surface area contributed by atoms with E-state index in [2.05, 4.69) is 42.5 Å². The maximum Gasteiger partial charge on any atom is 0.226 e. The third-order valence-corrected chi connectivity index (χ3v) is 4.93. The lowest BCUT2D eigenvalue weighted by Crippen LogP contribution is -2.24. The molecule has 0 saturated heterocycles. The minimum absolute atomic E-state index is 0.00498. The molecule has 5 heteroatoms. The van der Waals surface area contributed by atoms with Gasteiger partial charge >= 0.3 is 0 Å². The van der Waals surface area contributed by atoms with E-state index in [9.17, 15) is 4.79 Å². The summed E-state index contributed by atoms with van der Waals surface area (Å²) in [6.07, 6.45) is 2.28. The molecule has 0 saturated carbocycles. The minimum atomic E-state index is -0.0106. The van der Waals surface area contributed by atoms with Gasteiger partial charge in [-0.2, -0.15) is 5.10 Å². The van der Waals surface area contributed by atoms with Gasteiger partial charge in [-0.05, 0) is 48.7 Å². The highest BCUT2D eigenvalue weighted by molar-refractivity contribution is 5.94. The number of fused-ring (bicyclic) bond motifs is 1. The molecule has 0 aliphatic carbocycles. The van der Waals surface area contributed by atoms with Crippen LogP contribution in [0.4, 0.5) is 5.82 Å². The summed E-state index contributed by atoms with van der Waals surface area (Å²) < 4.78 is 7.08. The number of hydrogen-bond donors (Lipinski definition) is 1. The molecule has 26 heavy (non-hydrogen) atoms. The van der Waals surface area contributed by atoms with Crippen LogP contribution >= 0.6 is 0 Å². The van der Waals surface area contributed by atoms with Crippen molar-refractivity contribution in [1.82, 2.24) is 9.78 Å². The van der Waals surface area contributed by atoms with Crippen molar-refractivity contribution in [2.45, 2.75) is 26.2 Å². The standard InChI is InChI=1S/C21H21N3O2/c1-13-4-5-14(2)19(10-13)24-21-18(12-22-24)17(11-20(25)23-21)15-6-8-16(26-3)9-7-15/h4-10,12,17H,11H2,1-3H3,(H,23,25). The van der Waals surface area contributed by atoms with Crippen LogP contribution in [0.15, 0.2) is 48.7 Å². The van der Waals surface area contributed by atoms with E-state index in [1.807, 2.05) is 35.1 Å². The Morgan fingerprint density at radius 2 is 1.92 bits per heavy atom. The number of amides is 1. The number of carbonyl (C=O) groups excluding carboxylic acids is 1. The number of nitrogens with one attached hydrogen (secondary N) is 1. The first-order valence-electron chi connectivity index (χ1n) is 8.66. The van der Waals surface area contributed by atoms with E-state index in [0.29, 0.717) is 6.42 Å². The molecule has 0 fully saturated rings. The largest absolute Gasteiger partial charge is 0.497 e.